The summed E-state index contributed by atoms with van der Waals surface area (Å²) < 4.78 is 31.7. The number of piperazine rings is 1. The first kappa shape index (κ1) is 30.0. The van der Waals surface area contributed by atoms with Crippen LogP contribution in [0.5, 0.6) is 0 Å². The summed E-state index contributed by atoms with van der Waals surface area (Å²) in [5, 5.41) is 11.6. The Bertz CT molecular complexity index is 1520. The van der Waals surface area contributed by atoms with E-state index in [0.29, 0.717) is 23.7 Å². The van der Waals surface area contributed by atoms with Crippen molar-refractivity contribution in [3.05, 3.63) is 54.1 Å². The van der Waals surface area contributed by atoms with E-state index < -0.39 is 17.5 Å². The van der Waals surface area contributed by atoms with Gasteiger partial charge in [0.2, 0.25) is 11.9 Å². The molecular weight excluding hydrogens is 556 g/mol. The third kappa shape index (κ3) is 6.53. The molecule has 4 heterocycles. The van der Waals surface area contributed by atoms with Crippen LogP contribution in [0.4, 0.5) is 26.2 Å². The number of hydrogen-bond donors (Lipinski definition) is 3. The van der Waals surface area contributed by atoms with Crippen molar-refractivity contribution < 1.29 is 18.8 Å². The molecule has 1 aliphatic rings. The van der Waals surface area contributed by atoms with Gasteiger partial charge in [0.25, 0.3) is 0 Å². The molecule has 1 aliphatic heterocycles. The molecule has 0 spiro atoms. The smallest absolute Gasteiger partial charge is 0.244 e. The van der Waals surface area contributed by atoms with Crippen LogP contribution in [-0.4, -0.2) is 73.2 Å². The average Bonchev–Trinajstić information content (AvgIpc) is 3.30. The number of halogens is 3. The molecule has 5 rings (SSSR count). The molecule has 1 saturated heterocycles. The molecule has 218 valence electrons. The van der Waals surface area contributed by atoms with Crippen LogP contribution in [-0.2, 0) is 4.79 Å². The second-order valence-corrected chi connectivity index (χ2v) is 9.98. The Kier molecular flexibility index (Phi) is 9.31. The maximum absolute atomic E-state index is 15.0. The van der Waals surface area contributed by atoms with E-state index in [9.17, 15) is 13.6 Å². The Morgan fingerprint density at radius 3 is 2.46 bits per heavy atom. The minimum atomic E-state index is -0.670. The van der Waals surface area contributed by atoms with Crippen molar-refractivity contribution in [2.45, 2.75) is 33.2 Å². The predicted octanol–water partition coefficient (Wildman–Crippen LogP) is 4.24. The molecule has 4 aromatic rings. The van der Waals surface area contributed by atoms with Gasteiger partial charge >= 0.3 is 0 Å². The highest BCUT2D eigenvalue weighted by Crippen LogP contribution is 2.30. The van der Waals surface area contributed by atoms with Crippen molar-refractivity contribution in [1.29, 1.82) is 0 Å². The normalized spacial score (nSPS) is 13.9. The molecule has 11 nitrogen and oxygen atoms in total. The van der Waals surface area contributed by atoms with E-state index in [-0.39, 0.29) is 47.6 Å². The summed E-state index contributed by atoms with van der Waals surface area (Å²) >= 11 is 0. The lowest BCUT2D eigenvalue weighted by molar-refractivity contribution is -0.129. The summed E-state index contributed by atoms with van der Waals surface area (Å²) in [6, 6.07) is 6.69. The van der Waals surface area contributed by atoms with Crippen molar-refractivity contribution in [3.8, 4) is 11.3 Å². The number of rotatable bonds is 8. The lowest BCUT2D eigenvalue weighted by Gasteiger charge is -2.35. The zero-order valence-corrected chi connectivity index (χ0v) is 23.8. The molecule has 41 heavy (non-hydrogen) atoms. The van der Waals surface area contributed by atoms with Crippen LogP contribution in [0.25, 0.3) is 22.3 Å². The SMILES string of the molecule is Cc1nc2c(F)cc(-c3nc(Nc4ccc(N5CCN(CCC(=O)NO)CC5)cn4)ncc3F)cc2n1C(C)C.Cl. The van der Waals surface area contributed by atoms with E-state index in [0.717, 1.165) is 38.1 Å². The number of hydrogen-bond acceptors (Lipinski definition) is 9. The molecule has 0 saturated carbocycles. The minimum absolute atomic E-state index is 0. The number of benzene rings is 1. The summed E-state index contributed by atoms with van der Waals surface area (Å²) in [5.74, 6) is -0.326. The van der Waals surface area contributed by atoms with Crippen molar-refractivity contribution >= 4 is 46.8 Å². The lowest BCUT2D eigenvalue weighted by atomic mass is 10.1. The summed E-state index contributed by atoms with van der Waals surface area (Å²) in [7, 11) is 0. The number of anilines is 3. The van der Waals surface area contributed by atoms with Gasteiger partial charge in [-0.3, -0.25) is 14.9 Å². The maximum atomic E-state index is 15.0. The van der Waals surface area contributed by atoms with Crippen molar-refractivity contribution in [3.63, 3.8) is 0 Å². The number of fused-ring (bicyclic) bond motifs is 1. The molecular formula is C27H32ClF2N9O2. The number of nitrogens with zero attached hydrogens (tertiary/aromatic N) is 7. The number of aromatic nitrogens is 5. The Balaban J connectivity index is 0.00000387. The molecule has 14 heteroatoms. The maximum Gasteiger partial charge on any atom is 0.244 e. The number of pyridine rings is 1. The highest BCUT2D eigenvalue weighted by atomic mass is 35.5. The first-order valence-corrected chi connectivity index (χ1v) is 13.1. The fraction of sp³-hybridized carbons (Fsp3) is 0.370. The minimum Gasteiger partial charge on any atom is -0.368 e. The summed E-state index contributed by atoms with van der Waals surface area (Å²) in [6.07, 6.45) is 3.04. The van der Waals surface area contributed by atoms with Gasteiger partial charge in [-0.05, 0) is 45.0 Å². The van der Waals surface area contributed by atoms with Crippen LogP contribution >= 0.6 is 12.4 Å². The van der Waals surface area contributed by atoms with Crippen molar-refractivity contribution in [1.82, 2.24) is 34.9 Å². The third-order valence-electron chi connectivity index (χ3n) is 6.96. The fourth-order valence-electron chi connectivity index (χ4n) is 4.99. The quantitative estimate of drug-likeness (QED) is 0.205. The zero-order valence-electron chi connectivity index (χ0n) is 22.9. The number of carbonyl (C=O) groups excluding carboxylic acids is 1. The summed E-state index contributed by atoms with van der Waals surface area (Å²) in [4.78, 5) is 32.8. The van der Waals surface area contributed by atoms with Crippen LogP contribution in [0, 0.1) is 18.6 Å². The molecule has 0 atom stereocenters. The van der Waals surface area contributed by atoms with E-state index in [1.54, 1.807) is 23.8 Å². The van der Waals surface area contributed by atoms with Crippen molar-refractivity contribution in [2.24, 2.45) is 0 Å². The van der Waals surface area contributed by atoms with Crippen LogP contribution in [0.2, 0.25) is 0 Å². The summed E-state index contributed by atoms with van der Waals surface area (Å²) in [6.45, 7) is 9.48. The number of imidazole rings is 1. The highest BCUT2D eigenvalue weighted by Gasteiger charge is 2.20. The van der Waals surface area contributed by atoms with E-state index in [2.05, 4.69) is 35.1 Å². The van der Waals surface area contributed by atoms with Gasteiger partial charge < -0.3 is 14.8 Å². The first-order valence-electron chi connectivity index (χ1n) is 13.1. The van der Waals surface area contributed by atoms with E-state index in [1.807, 2.05) is 31.4 Å². The van der Waals surface area contributed by atoms with E-state index in [1.165, 1.54) is 6.07 Å². The van der Waals surface area contributed by atoms with Crippen LogP contribution in [0.15, 0.2) is 36.7 Å². The van der Waals surface area contributed by atoms with Gasteiger partial charge in [0, 0.05) is 50.7 Å². The monoisotopic (exact) mass is 587 g/mol. The van der Waals surface area contributed by atoms with Crippen LogP contribution in [0.1, 0.15) is 32.1 Å². The molecule has 1 amide bonds. The molecule has 0 radical (unpaired) electrons. The molecule has 0 unspecified atom stereocenters. The predicted molar refractivity (Wildman–Crippen MR) is 154 cm³/mol. The van der Waals surface area contributed by atoms with Gasteiger partial charge in [-0.1, -0.05) is 0 Å². The third-order valence-corrected chi connectivity index (χ3v) is 6.96. The Labute approximate surface area is 242 Å². The van der Waals surface area contributed by atoms with Gasteiger partial charge in [-0.25, -0.2) is 34.2 Å². The number of hydroxylamine groups is 1. The average molecular weight is 588 g/mol. The zero-order chi connectivity index (χ0) is 28.4. The number of amides is 1. The highest BCUT2D eigenvalue weighted by molar-refractivity contribution is 5.85. The van der Waals surface area contributed by atoms with Gasteiger partial charge in [0.05, 0.1) is 23.6 Å². The van der Waals surface area contributed by atoms with E-state index in [4.69, 9.17) is 5.21 Å². The first-order chi connectivity index (χ1) is 19.2. The fourth-order valence-corrected chi connectivity index (χ4v) is 4.99. The Morgan fingerprint density at radius 1 is 1.05 bits per heavy atom. The van der Waals surface area contributed by atoms with Crippen LogP contribution < -0.4 is 15.7 Å². The molecule has 1 aromatic carbocycles. The van der Waals surface area contributed by atoms with Crippen LogP contribution in [0.3, 0.4) is 0 Å². The van der Waals surface area contributed by atoms with Gasteiger partial charge in [0.15, 0.2) is 11.6 Å². The second kappa shape index (κ2) is 12.7. The summed E-state index contributed by atoms with van der Waals surface area (Å²) in [5.41, 5.74) is 3.67. The number of carbonyl (C=O) groups is 1. The van der Waals surface area contributed by atoms with Crippen molar-refractivity contribution in [2.75, 3.05) is 42.9 Å². The standard InChI is InChI=1S/C27H31F2N9O2.ClH/c1-16(2)38-17(3)32-26-20(28)12-18(13-22(26)38)25-21(29)15-31-27(34-25)33-23-5-4-19(14-30-23)37-10-8-36(9-11-37)7-6-24(39)35-40;/h4-5,12-16,40H,6-11H2,1-3H3,(H,35,39)(H,30,31,33,34);1H. The largest absolute Gasteiger partial charge is 0.368 e. The van der Waals surface area contributed by atoms with Gasteiger partial charge in [0.1, 0.15) is 22.9 Å². The van der Waals surface area contributed by atoms with Gasteiger partial charge in [-0.15, -0.1) is 12.4 Å². The molecule has 3 N–H and O–H groups in total. The Morgan fingerprint density at radius 2 is 1.80 bits per heavy atom. The number of aryl methyl sites for hydroxylation is 1. The van der Waals surface area contributed by atoms with Gasteiger partial charge in [-0.2, -0.15) is 0 Å². The molecule has 3 aromatic heterocycles. The number of nitrogens with one attached hydrogen (secondary N) is 2. The molecule has 0 aliphatic carbocycles. The lowest BCUT2D eigenvalue weighted by Crippen LogP contribution is -2.47. The molecule has 0 bridgehead atoms. The molecule has 1 fully saturated rings. The van der Waals surface area contributed by atoms with E-state index >= 15 is 0 Å². The second-order valence-electron chi connectivity index (χ2n) is 9.98. The Hall–Kier alpha value is -3.94. The topological polar surface area (TPSA) is 124 Å².